The molecule has 0 unspecified atom stereocenters. The third-order valence-corrected chi connectivity index (χ3v) is 3.63. The third kappa shape index (κ3) is 3.19. The number of benzene rings is 1. The molecule has 2 heterocycles. The highest BCUT2D eigenvalue weighted by Crippen LogP contribution is 2.19. The second-order valence-electron chi connectivity index (χ2n) is 6.09. The Morgan fingerprint density at radius 1 is 1.21 bits per heavy atom. The summed E-state index contributed by atoms with van der Waals surface area (Å²) < 4.78 is 0. The van der Waals surface area contributed by atoms with Crippen molar-refractivity contribution in [3.63, 3.8) is 0 Å². The Morgan fingerprint density at radius 3 is 2.67 bits per heavy atom. The first-order valence-electron chi connectivity index (χ1n) is 7.76. The predicted molar refractivity (Wildman–Crippen MR) is 92.6 cm³/mol. The minimum atomic E-state index is -0.365. The molecule has 0 aliphatic rings. The predicted octanol–water partition coefficient (Wildman–Crippen LogP) is 2.67. The molecule has 7 heteroatoms. The number of aryl methyl sites for hydroxylation is 1. The van der Waals surface area contributed by atoms with Crippen molar-refractivity contribution in [3.8, 4) is 5.88 Å². The average Bonchev–Trinajstić information content (AvgIpc) is 2.51. The topological polar surface area (TPSA) is 104 Å². The number of aromatic amines is 1. The van der Waals surface area contributed by atoms with E-state index in [0.717, 1.165) is 16.6 Å². The summed E-state index contributed by atoms with van der Waals surface area (Å²) in [6, 6.07) is 7.65. The van der Waals surface area contributed by atoms with Gasteiger partial charge in [-0.2, -0.15) is 4.98 Å². The van der Waals surface area contributed by atoms with Crippen LogP contribution < -0.4 is 10.9 Å². The van der Waals surface area contributed by atoms with Crippen molar-refractivity contribution in [1.82, 2.24) is 19.9 Å². The summed E-state index contributed by atoms with van der Waals surface area (Å²) >= 11 is 0. The van der Waals surface area contributed by atoms with Crippen LogP contribution >= 0.6 is 0 Å². The molecular formula is C17H19N5O2. The number of nitrogens with one attached hydrogen (secondary N) is 2. The highest BCUT2D eigenvalue weighted by atomic mass is 16.3. The van der Waals surface area contributed by atoms with Gasteiger partial charge in [0.25, 0.3) is 5.56 Å². The first kappa shape index (κ1) is 15.9. The fourth-order valence-electron chi connectivity index (χ4n) is 2.53. The molecule has 0 atom stereocenters. The Labute approximate surface area is 138 Å². The standard InChI is InChI=1S/C17H19N5O2/c1-9(2)8-12-14(23)20-17(21-15(12)24)22-16-18-10(3)11-6-4-5-7-13(11)19-16/h4-7,9H,8H2,1-3H3,(H3,18,19,20,21,22,23,24). The van der Waals surface area contributed by atoms with Crippen molar-refractivity contribution in [3.05, 3.63) is 45.9 Å². The SMILES string of the molecule is Cc1nc(Nc2nc(O)c(CC(C)C)c(=O)[nH]2)nc2ccccc12. The normalized spacial score (nSPS) is 11.2. The van der Waals surface area contributed by atoms with Gasteiger partial charge in [0.1, 0.15) is 0 Å². The lowest BCUT2D eigenvalue weighted by Crippen LogP contribution is -2.18. The van der Waals surface area contributed by atoms with Crippen molar-refractivity contribution in [1.29, 1.82) is 0 Å². The third-order valence-electron chi connectivity index (χ3n) is 3.63. The molecule has 3 rings (SSSR count). The lowest BCUT2D eigenvalue weighted by atomic mass is 10.1. The van der Waals surface area contributed by atoms with Gasteiger partial charge in [-0.25, -0.2) is 9.97 Å². The van der Waals surface area contributed by atoms with Gasteiger partial charge in [0.05, 0.1) is 16.8 Å². The zero-order valence-electron chi connectivity index (χ0n) is 13.8. The lowest BCUT2D eigenvalue weighted by molar-refractivity contribution is 0.438. The number of fused-ring (bicyclic) bond motifs is 1. The quantitative estimate of drug-likeness (QED) is 0.681. The summed E-state index contributed by atoms with van der Waals surface area (Å²) in [4.78, 5) is 27.5. The van der Waals surface area contributed by atoms with Crippen molar-refractivity contribution in [2.45, 2.75) is 27.2 Å². The Morgan fingerprint density at radius 2 is 1.96 bits per heavy atom. The fraction of sp³-hybridized carbons (Fsp3) is 0.294. The Hall–Kier alpha value is -2.96. The van der Waals surface area contributed by atoms with Crippen LogP contribution in [0, 0.1) is 12.8 Å². The molecule has 0 bridgehead atoms. The van der Waals surface area contributed by atoms with E-state index in [9.17, 15) is 9.90 Å². The summed E-state index contributed by atoms with van der Waals surface area (Å²) in [5.41, 5.74) is 1.52. The van der Waals surface area contributed by atoms with Gasteiger partial charge in [-0.05, 0) is 25.3 Å². The number of aromatic hydroxyl groups is 1. The molecule has 7 nitrogen and oxygen atoms in total. The van der Waals surface area contributed by atoms with Crippen LogP contribution in [0.2, 0.25) is 0 Å². The van der Waals surface area contributed by atoms with Crippen molar-refractivity contribution in [2.24, 2.45) is 5.92 Å². The van der Waals surface area contributed by atoms with E-state index in [4.69, 9.17) is 0 Å². The van der Waals surface area contributed by atoms with Crippen LogP contribution in [0.3, 0.4) is 0 Å². The molecule has 0 saturated heterocycles. The molecule has 0 aliphatic carbocycles. The number of para-hydroxylation sites is 1. The number of hydrogen-bond donors (Lipinski definition) is 3. The zero-order chi connectivity index (χ0) is 17.3. The molecule has 3 N–H and O–H groups in total. The molecule has 0 fully saturated rings. The Bertz CT molecular complexity index is 949. The van der Waals surface area contributed by atoms with Crippen LogP contribution in [0.5, 0.6) is 5.88 Å². The van der Waals surface area contributed by atoms with E-state index in [1.54, 1.807) is 0 Å². The number of H-pyrrole nitrogens is 1. The number of nitrogens with zero attached hydrogens (tertiary/aromatic N) is 3. The van der Waals surface area contributed by atoms with Gasteiger partial charge in [0.15, 0.2) is 0 Å². The summed E-state index contributed by atoms with van der Waals surface area (Å²) in [6.07, 6.45) is 0.458. The van der Waals surface area contributed by atoms with Crippen LogP contribution in [0.25, 0.3) is 10.9 Å². The van der Waals surface area contributed by atoms with Gasteiger partial charge >= 0.3 is 0 Å². The molecule has 0 aliphatic heterocycles. The van der Waals surface area contributed by atoms with Crippen molar-refractivity contribution in [2.75, 3.05) is 5.32 Å². The monoisotopic (exact) mass is 325 g/mol. The molecular weight excluding hydrogens is 306 g/mol. The van der Waals surface area contributed by atoms with Crippen LogP contribution in [0.15, 0.2) is 29.1 Å². The summed E-state index contributed by atoms with van der Waals surface area (Å²) in [7, 11) is 0. The van der Waals surface area contributed by atoms with Crippen LogP contribution in [0.1, 0.15) is 25.1 Å². The lowest BCUT2D eigenvalue weighted by Gasteiger charge is -2.09. The minimum absolute atomic E-state index is 0.111. The van der Waals surface area contributed by atoms with Crippen LogP contribution in [0.4, 0.5) is 11.9 Å². The maximum Gasteiger partial charge on any atom is 0.259 e. The number of aromatic nitrogens is 4. The molecule has 0 saturated carbocycles. The first-order valence-corrected chi connectivity index (χ1v) is 7.76. The van der Waals surface area contributed by atoms with Crippen LogP contribution in [-0.2, 0) is 6.42 Å². The summed E-state index contributed by atoms with van der Waals surface area (Å²) in [5.74, 6) is 0.390. The highest BCUT2D eigenvalue weighted by Gasteiger charge is 2.13. The van der Waals surface area contributed by atoms with E-state index in [1.165, 1.54) is 0 Å². The second kappa shape index (κ2) is 6.27. The van der Waals surface area contributed by atoms with Gasteiger partial charge < -0.3 is 5.11 Å². The van der Waals surface area contributed by atoms with E-state index in [2.05, 4.69) is 25.3 Å². The minimum Gasteiger partial charge on any atom is -0.493 e. The molecule has 3 aromatic rings. The molecule has 124 valence electrons. The molecule has 0 amide bonds. The molecule has 0 spiro atoms. The Balaban J connectivity index is 1.95. The van der Waals surface area contributed by atoms with Crippen molar-refractivity contribution >= 4 is 22.8 Å². The maximum absolute atomic E-state index is 12.1. The van der Waals surface area contributed by atoms with Gasteiger partial charge in [-0.15, -0.1) is 0 Å². The summed E-state index contributed by atoms with van der Waals surface area (Å²) in [5, 5.41) is 13.8. The van der Waals surface area contributed by atoms with Gasteiger partial charge in [0.2, 0.25) is 17.8 Å². The Kier molecular flexibility index (Phi) is 4.16. The number of anilines is 2. The number of hydrogen-bond acceptors (Lipinski definition) is 6. The summed E-state index contributed by atoms with van der Waals surface area (Å²) in [6.45, 7) is 5.82. The first-order chi connectivity index (χ1) is 11.4. The van der Waals surface area contributed by atoms with E-state index in [0.29, 0.717) is 12.4 Å². The van der Waals surface area contributed by atoms with Crippen molar-refractivity contribution < 1.29 is 5.11 Å². The van der Waals surface area contributed by atoms with Gasteiger partial charge in [0, 0.05) is 5.39 Å². The zero-order valence-corrected chi connectivity index (χ0v) is 13.8. The van der Waals surface area contributed by atoms with Gasteiger partial charge in [-0.1, -0.05) is 32.0 Å². The van der Waals surface area contributed by atoms with E-state index in [1.807, 2.05) is 45.0 Å². The largest absolute Gasteiger partial charge is 0.493 e. The molecule has 0 radical (unpaired) electrons. The van der Waals surface area contributed by atoms with E-state index < -0.39 is 0 Å². The number of rotatable bonds is 4. The van der Waals surface area contributed by atoms with Crippen LogP contribution in [-0.4, -0.2) is 25.0 Å². The second-order valence-corrected chi connectivity index (χ2v) is 6.09. The molecule has 24 heavy (non-hydrogen) atoms. The van der Waals surface area contributed by atoms with E-state index >= 15 is 0 Å². The maximum atomic E-state index is 12.1. The average molecular weight is 325 g/mol. The smallest absolute Gasteiger partial charge is 0.259 e. The van der Waals surface area contributed by atoms with E-state index in [-0.39, 0.29) is 28.9 Å². The highest BCUT2D eigenvalue weighted by molar-refractivity contribution is 5.81. The molecule has 2 aromatic heterocycles. The van der Waals surface area contributed by atoms with Gasteiger partial charge in [-0.3, -0.25) is 15.1 Å². The fourth-order valence-corrected chi connectivity index (χ4v) is 2.53. The molecule has 1 aromatic carbocycles.